The summed E-state index contributed by atoms with van der Waals surface area (Å²) in [5.74, 6) is 0.0671. The maximum atomic E-state index is 12.2. The van der Waals surface area contributed by atoms with E-state index in [0.717, 1.165) is 10.0 Å². The van der Waals surface area contributed by atoms with Gasteiger partial charge >= 0.3 is 0 Å². The van der Waals surface area contributed by atoms with E-state index < -0.39 is 0 Å². The number of hydrogen-bond donors (Lipinski definition) is 0. The fourth-order valence-electron chi connectivity index (χ4n) is 1.56. The first kappa shape index (κ1) is 12.5. The molecule has 86 valence electrons. The number of hydrogen-bond acceptors (Lipinski definition) is 1. The van der Waals surface area contributed by atoms with E-state index in [1.54, 1.807) is 0 Å². The molecule has 1 atom stereocenters. The van der Waals surface area contributed by atoms with Crippen molar-refractivity contribution in [3.05, 3.63) is 70.2 Å². The number of rotatable bonds is 3. The zero-order valence-electron chi connectivity index (χ0n) is 8.94. The molecule has 0 aromatic heterocycles. The highest BCUT2D eigenvalue weighted by molar-refractivity contribution is 9.10. The van der Waals surface area contributed by atoms with Crippen molar-refractivity contribution in [2.24, 2.45) is 0 Å². The molecule has 0 heterocycles. The van der Waals surface area contributed by atoms with Gasteiger partial charge in [-0.1, -0.05) is 74.3 Å². The van der Waals surface area contributed by atoms with Crippen LogP contribution in [0.5, 0.6) is 0 Å². The molecule has 3 heteroatoms. The smallest absolute Gasteiger partial charge is 0.180 e. The van der Waals surface area contributed by atoms with Crippen LogP contribution in [0.15, 0.2) is 59.1 Å². The number of benzene rings is 2. The average Bonchev–Trinajstić information content (AvgIpc) is 2.38. The Bertz CT molecular complexity index is 523. The third-order valence-electron chi connectivity index (χ3n) is 2.43. The summed E-state index contributed by atoms with van der Waals surface area (Å²) in [5.41, 5.74) is 1.67. The lowest BCUT2D eigenvalue weighted by Crippen LogP contribution is -2.06. The van der Waals surface area contributed by atoms with E-state index in [-0.39, 0.29) is 10.6 Å². The minimum Gasteiger partial charge on any atom is -0.293 e. The third kappa shape index (κ3) is 3.05. The van der Waals surface area contributed by atoms with Gasteiger partial charge in [-0.15, -0.1) is 0 Å². The minimum absolute atomic E-state index is 0.0671. The van der Waals surface area contributed by atoms with Crippen LogP contribution in [0.3, 0.4) is 0 Å². The van der Waals surface area contributed by atoms with E-state index in [9.17, 15) is 4.79 Å². The SMILES string of the molecule is O=C(c1cccc(Br)c1)C(Br)c1ccccc1. The molecule has 0 saturated carbocycles. The van der Waals surface area contributed by atoms with E-state index in [1.165, 1.54) is 0 Å². The van der Waals surface area contributed by atoms with Gasteiger partial charge in [-0.3, -0.25) is 4.79 Å². The second-order valence-corrected chi connectivity index (χ2v) is 5.48. The fourth-order valence-corrected chi connectivity index (χ4v) is 2.53. The summed E-state index contributed by atoms with van der Waals surface area (Å²) >= 11 is 6.82. The van der Waals surface area contributed by atoms with Crippen molar-refractivity contribution in [1.29, 1.82) is 0 Å². The molecule has 0 spiro atoms. The Morgan fingerprint density at radius 2 is 1.71 bits per heavy atom. The molecule has 0 amide bonds. The summed E-state index contributed by atoms with van der Waals surface area (Å²) in [6, 6.07) is 17.1. The van der Waals surface area contributed by atoms with Crippen LogP contribution >= 0.6 is 31.9 Å². The van der Waals surface area contributed by atoms with Crippen molar-refractivity contribution in [2.45, 2.75) is 4.83 Å². The van der Waals surface area contributed by atoms with E-state index in [4.69, 9.17) is 0 Å². The lowest BCUT2D eigenvalue weighted by Gasteiger charge is -2.09. The Labute approximate surface area is 117 Å². The van der Waals surface area contributed by atoms with Crippen LogP contribution in [0.25, 0.3) is 0 Å². The monoisotopic (exact) mass is 352 g/mol. The number of carbonyl (C=O) groups excluding carboxylic acids is 1. The van der Waals surface area contributed by atoms with Crippen molar-refractivity contribution in [2.75, 3.05) is 0 Å². The summed E-state index contributed by atoms with van der Waals surface area (Å²) in [4.78, 5) is 11.9. The lowest BCUT2D eigenvalue weighted by atomic mass is 10.0. The Morgan fingerprint density at radius 3 is 2.35 bits per heavy atom. The van der Waals surface area contributed by atoms with Gasteiger partial charge < -0.3 is 0 Å². The number of alkyl halides is 1. The average molecular weight is 354 g/mol. The van der Waals surface area contributed by atoms with Crippen molar-refractivity contribution < 1.29 is 4.79 Å². The summed E-state index contributed by atoms with van der Waals surface area (Å²) < 4.78 is 0.913. The normalized spacial score (nSPS) is 12.1. The molecule has 17 heavy (non-hydrogen) atoms. The number of Topliss-reactive ketones (excluding diaryl/α,β-unsaturated/α-hetero) is 1. The standard InChI is InChI=1S/C14H10Br2O/c15-12-8-4-7-11(9-12)14(17)13(16)10-5-2-1-3-6-10/h1-9,13H. The maximum absolute atomic E-state index is 12.2. The van der Waals surface area contributed by atoms with Crippen LogP contribution in [0.4, 0.5) is 0 Å². The predicted octanol–water partition coefficient (Wildman–Crippen LogP) is 4.77. The Kier molecular flexibility index (Phi) is 4.13. The molecule has 2 rings (SSSR count). The molecule has 0 aliphatic carbocycles. The Morgan fingerprint density at radius 1 is 1.00 bits per heavy atom. The van der Waals surface area contributed by atoms with E-state index in [2.05, 4.69) is 31.9 Å². The fraction of sp³-hybridized carbons (Fsp3) is 0.0714. The van der Waals surface area contributed by atoms with Crippen LogP contribution in [-0.2, 0) is 0 Å². The van der Waals surface area contributed by atoms with Gasteiger partial charge in [-0.25, -0.2) is 0 Å². The molecule has 0 saturated heterocycles. The van der Waals surface area contributed by atoms with Crippen molar-refractivity contribution >= 4 is 37.6 Å². The van der Waals surface area contributed by atoms with Gasteiger partial charge in [0.05, 0.1) is 0 Å². The van der Waals surface area contributed by atoms with Gasteiger partial charge in [0.1, 0.15) is 4.83 Å². The molecule has 1 unspecified atom stereocenters. The van der Waals surface area contributed by atoms with Crippen LogP contribution in [0.2, 0.25) is 0 Å². The van der Waals surface area contributed by atoms with Crippen molar-refractivity contribution in [3.8, 4) is 0 Å². The molecule has 0 radical (unpaired) electrons. The van der Waals surface area contributed by atoms with Crippen LogP contribution in [0, 0.1) is 0 Å². The second kappa shape index (κ2) is 5.61. The second-order valence-electron chi connectivity index (χ2n) is 3.65. The van der Waals surface area contributed by atoms with Gasteiger partial charge in [0.15, 0.2) is 5.78 Å². The van der Waals surface area contributed by atoms with Crippen LogP contribution in [0.1, 0.15) is 20.7 Å². The third-order valence-corrected chi connectivity index (χ3v) is 3.87. The first-order chi connectivity index (χ1) is 8.18. The number of halogens is 2. The molecule has 0 aliphatic heterocycles. The molecular formula is C14H10Br2O. The molecule has 0 fully saturated rings. The molecule has 1 nitrogen and oxygen atoms in total. The summed E-state index contributed by atoms with van der Waals surface area (Å²) in [6.07, 6.45) is 0. The molecular weight excluding hydrogens is 344 g/mol. The summed E-state index contributed by atoms with van der Waals surface area (Å²) in [5, 5.41) is 0. The quantitative estimate of drug-likeness (QED) is 0.573. The zero-order chi connectivity index (χ0) is 12.3. The zero-order valence-corrected chi connectivity index (χ0v) is 12.1. The van der Waals surface area contributed by atoms with E-state index >= 15 is 0 Å². The molecule has 2 aromatic rings. The van der Waals surface area contributed by atoms with E-state index in [1.807, 2.05) is 54.6 Å². The van der Waals surface area contributed by atoms with Gasteiger partial charge in [-0.2, -0.15) is 0 Å². The van der Waals surface area contributed by atoms with Crippen LogP contribution in [-0.4, -0.2) is 5.78 Å². The summed E-state index contributed by atoms with van der Waals surface area (Å²) in [7, 11) is 0. The summed E-state index contributed by atoms with van der Waals surface area (Å²) in [6.45, 7) is 0. The van der Waals surface area contributed by atoms with E-state index in [0.29, 0.717) is 5.56 Å². The first-order valence-electron chi connectivity index (χ1n) is 5.17. The number of ketones is 1. The molecule has 2 aromatic carbocycles. The molecule has 0 aliphatic rings. The molecule has 0 bridgehead atoms. The Balaban J connectivity index is 2.27. The first-order valence-corrected chi connectivity index (χ1v) is 6.88. The van der Waals surface area contributed by atoms with Gasteiger partial charge in [0.25, 0.3) is 0 Å². The predicted molar refractivity (Wildman–Crippen MR) is 76.6 cm³/mol. The highest BCUT2D eigenvalue weighted by atomic mass is 79.9. The lowest BCUT2D eigenvalue weighted by molar-refractivity contribution is 0.0991. The largest absolute Gasteiger partial charge is 0.293 e. The topological polar surface area (TPSA) is 17.1 Å². The highest BCUT2D eigenvalue weighted by Gasteiger charge is 2.18. The van der Waals surface area contributed by atoms with Crippen molar-refractivity contribution in [3.63, 3.8) is 0 Å². The minimum atomic E-state index is -0.294. The Hall–Kier alpha value is -0.930. The van der Waals surface area contributed by atoms with Gasteiger partial charge in [-0.05, 0) is 17.7 Å². The van der Waals surface area contributed by atoms with Crippen molar-refractivity contribution in [1.82, 2.24) is 0 Å². The van der Waals surface area contributed by atoms with Gasteiger partial charge in [0, 0.05) is 10.0 Å². The highest BCUT2D eigenvalue weighted by Crippen LogP contribution is 2.27. The maximum Gasteiger partial charge on any atom is 0.180 e. The number of carbonyl (C=O) groups is 1. The van der Waals surface area contributed by atoms with Gasteiger partial charge in [0.2, 0.25) is 0 Å². The molecule has 0 N–H and O–H groups in total. The van der Waals surface area contributed by atoms with Crippen LogP contribution < -0.4 is 0 Å².